The predicted octanol–water partition coefficient (Wildman–Crippen LogP) is 3.16. The first kappa shape index (κ1) is 28.8. The quantitative estimate of drug-likeness (QED) is 0.383. The van der Waals surface area contributed by atoms with Crippen molar-refractivity contribution in [3.8, 4) is 5.82 Å². The summed E-state index contributed by atoms with van der Waals surface area (Å²) in [4.78, 5) is 31.1. The van der Waals surface area contributed by atoms with Crippen LogP contribution in [0.3, 0.4) is 0 Å². The zero-order chi connectivity index (χ0) is 28.0. The van der Waals surface area contributed by atoms with Crippen molar-refractivity contribution in [2.45, 2.75) is 44.0 Å². The third-order valence-electron chi connectivity index (χ3n) is 6.68. The van der Waals surface area contributed by atoms with E-state index in [4.69, 9.17) is 0 Å². The Bertz CT molecular complexity index is 1390. The minimum atomic E-state index is -3.61. The number of rotatable bonds is 10. The Morgan fingerprint density at radius 3 is 2.46 bits per heavy atom. The Kier molecular flexibility index (Phi) is 9.41. The summed E-state index contributed by atoms with van der Waals surface area (Å²) in [5.74, 6) is 0.767. The number of carbonyl (C=O) groups excluding carboxylic acids is 2. The van der Waals surface area contributed by atoms with Crippen LogP contribution in [0.25, 0.3) is 5.82 Å². The summed E-state index contributed by atoms with van der Waals surface area (Å²) in [7, 11) is -3.61. The van der Waals surface area contributed by atoms with E-state index in [9.17, 15) is 18.0 Å². The molecule has 12 heteroatoms. The number of nitrogens with zero attached hydrogens (tertiary/aromatic N) is 4. The van der Waals surface area contributed by atoms with Gasteiger partial charge >= 0.3 is 0 Å². The summed E-state index contributed by atoms with van der Waals surface area (Å²) in [6.07, 6.45) is 4.83. The Balaban J connectivity index is 1.40. The number of anilines is 1. The van der Waals surface area contributed by atoms with Crippen LogP contribution in [-0.2, 0) is 19.6 Å². The normalized spacial score (nSPS) is 15.6. The van der Waals surface area contributed by atoms with E-state index < -0.39 is 16.1 Å². The maximum Gasteiger partial charge on any atom is 0.248 e. The molecule has 0 saturated carbocycles. The molecule has 1 atom stereocenters. The summed E-state index contributed by atoms with van der Waals surface area (Å²) in [5.41, 5.74) is 1.70. The van der Waals surface area contributed by atoms with Crippen molar-refractivity contribution in [3.63, 3.8) is 0 Å². The topological polar surface area (TPSA) is 126 Å². The molecular formula is C27H34N6O4S2. The Hall–Kier alpha value is -3.22. The van der Waals surface area contributed by atoms with Gasteiger partial charge in [0.1, 0.15) is 11.9 Å². The minimum Gasteiger partial charge on any atom is -0.344 e. The molecule has 1 fully saturated rings. The largest absolute Gasteiger partial charge is 0.344 e. The lowest BCUT2D eigenvalue weighted by Crippen LogP contribution is -2.49. The molecule has 0 aliphatic carbocycles. The van der Waals surface area contributed by atoms with E-state index in [1.807, 2.05) is 26.2 Å². The van der Waals surface area contributed by atoms with Gasteiger partial charge in [-0.05, 0) is 69.4 Å². The number of nitrogens with one attached hydrogen (secondary N) is 2. The van der Waals surface area contributed by atoms with Gasteiger partial charge in [-0.2, -0.15) is 25.8 Å². The predicted molar refractivity (Wildman–Crippen MR) is 152 cm³/mol. The highest BCUT2D eigenvalue weighted by atomic mass is 32.2. The lowest BCUT2D eigenvalue weighted by Gasteiger charge is -2.31. The Morgan fingerprint density at radius 1 is 1.10 bits per heavy atom. The second-order valence-corrected chi connectivity index (χ2v) is 12.5. The molecule has 3 aromatic rings. The summed E-state index contributed by atoms with van der Waals surface area (Å²) in [6.45, 7) is 4.23. The number of carbonyl (C=O) groups is 2. The van der Waals surface area contributed by atoms with E-state index >= 15 is 0 Å². The van der Waals surface area contributed by atoms with Crippen LogP contribution >= 0.6 is 11.8 Å². The minimum absolute atomic E-state index is 0.238. The average molecular weight is 571 g/mol. The number of aryl methyl sites for hydroxylation is 2. The van der Waals surface area contributed by atoms with Crippen LogP contribution in [0.5, 0.6) is 0 Å². The van der Waals surface area contributed by atoms with Gasteiger partial charge in [-0.1, -0.05) is 23.8 Å². The molecule has 1 saturated heterocycles. The van der Waals surface area contributed by atoms with Crippen molar-refractivity contribution in [1.82, 2.24) is 24.4 Å². The molecule has 39 heavy (non-hydrogen) atoms. The van der Waals surface area contributed by atoms with Gasteiger partial charge in [-0.15, -0.1) is 0 Å². The van der Waals surface area contributed by atoms with E-state index in [-0.39, 0.29) is 35.7 Å². The summed E-state index contributed by atoms with van der Waals surface area (Å²) < 4.78 is 29.0. The van der Waals surface area contributed by atoms with Crippen LogP contribution < -0.4 is 10.6 Å². The van der Waals surface area contributed by atoms with E-state index in [1.165, 1.54) is 4.31 Å². The molecule has 1 aromatic carbocycles. The zero-order valence-electron chi connectivity index (χ0n) is 22.3. The molecule has 0 spiro atoms. The highest BCUT2D eigenvalue weighted by molar-refractivity contribution is 7.98. The average Bonchev–Trinajstić information content (AvgIpc) is 3.31. The SMILES string of the molecule is CSCC[C@H](NC(=O)C1CCN(S(=O)(=O)c2ccc(C)cc2)CC1)C(=O)Nc1cc(C)nn1-c1ccccn1. The smallest absolute Gasteiger partial charge is 0.248 e. The summed E-state index contributed by atoms with van der Waals surface area (Å²) in [6, 6.07) is 13.2. The second kappa shape index (κ2) is 12.8. The maximum absolute atomic E-state index is 13.3. The van der Waals surface area contributed by atoms with Gasteiger partial charge in [0.05, 0.1) is 10.6 Å². The monoisotopic (exact) mass is 570 g/mol. The Morgan fingerprint density at radius 2 is 1.82 bits per heavy atom. The molecule has 10 nitrogen and oxygen atoms in total. The van der Waals surface area contributed by atoms with Crippen molar-refractivity contribution in [3.05, 3.63) is 66.0 Å². The van der Waals surface area contributed by atoms with E-state index in [2.05, 4.69) is 20.7 Å². The van der Waals surface area contributed by atoms with Crippen molar-refractivity contribution < 1.29 is 18.0 Å². The van der Waals surface area contributed by atoms with Crippen molar-refractivity contribution in [2.24, 2.45) is 5.92 Å². The van der Waals surface area contributed by atoms with Gasteiger partial charge in [-0.3, -0.25) is 9.59 Å². The third-order valence-corrected chi connectivity index (χ3v) is 9.23. The maximum atomic E-state index is 13.3. The number of pyridine rings is 1. The van der Waals surface area contributed by atoms with Gasteiger partial charge in [0.25, 0.3) is 0 Å². The fourth-order valence-corrected chi connectivity index (χ4v) is 6.41. The fourth-order valence-electron chi connectivity index (χ4n) is 4.47. The van der Waals surface area contributed by atoms with E-state index in [1.54, 1.807) is 65.1 Å². The molecule has 0 radical (unpaired) electrons. The molecule has 0 unspecified atom stereocenters. The second-order valence-electron chi connectivity index (χ2n) is 9.59. The van der Waals surface area contributed by atoms with Crippen LogP contribution in [0, 0.1) is 19.8 Å². The number of thioether (sulfide) groups is 1. The number of benzene rings is 1. The van der Waals surface area contributed by atoms with Crippen LogP contribution in [-0.4, -0.2) is 70.4 Å². The number of piperidine rings is 1. The van der Waals surface area contributed by atoms with Gasteiger partial charge < -0.3 is 10.6 Å². The molecule has 0 bridgehead atoms. The standard InChI is InChI=1S/C27H34N6O4S2/c1-19-7-9-22(10-8-19)39(36,37)32-15-11-21(12-16-32)26(34)29-23(13-17-38-3)27(35)30-25-18-20(2)31-33(25)24-6-4-5-14-28-24/h4-10,14,18,21,23H,11-13,15-17H2,1-3H3,(H,29,34)(H,30,35)/t23-/m0/s1. The van der Waals surface area contributed by atoms with Crippen LogP contribution in [0.1, 0.15) is 30.5 Å². The van der Waals surface area contributed by atoms with Gasteiger partial charge in [0.2, 0.25) is 21.8 Å². The third kappa shape index (κ3) is 7.06. The van der Waals surface area contributed by atoms with E-state index in [0.717, 1.165) is 5.56 Å². The Labute approximate surface area is 233 Å². The first-order chi connectivity index (χ1) is 18.7. The summed E-state index contributed by atoms with van der Waals surface area (Å²) >= 11 is 1.59. The summed E-state index contributed by atoms with van der Waals surface area (Å²) in [5, 5.41) is 10.3. The number of aromatic nitrogens is 3. The van der Waals surface area contributed by atoms with Gasteiger partial charge in [0.15, 0.2) is 5.82 Å². The number of hydrogen-bond donors (Lipinski definition) is 2. The molecule has 1 aliphatic heterocycles. The molecule has 1 aliphatic rings. The highest BCUT2D eigenvalue weighted by Gasteiger charge is 2.33. The molecule has 2 amide bonds. The first-order valence-electron chi connectivity index (χ1n) is 12.8. The molecule has 2 aromatic heterocycles. The number of hydrogen-bond acceptors (Lipinski definition) is 7. The van der Waals surface area contributed by atoms with Crippen molar-refractivity contribution >= 4 is 39.4 Å². The molecular weight excluding hydrogens is 536 g/mol. The number of amides is 2. The van der Waals surface area contributed by atoms with Crippen LogP contribution in [0.2, 0.25) is 0 Å². The van der Waals surface area contributed by atoms with E-state index in [0.29, 0.717) is 42.3 Å². The molecule has 3 heterocycles. The first-order valence-corrected chi connectivity index (χ1v) is 15.7. The molecule has 4 rings (SSSR count). The molecule has 208 valence electrons. The van der Waals surface area contributed by atoms with Crippen LogP contribution in [0.4, 0.5) is 5.82 Å². The van der Waals surface area contributed by atoms with Crippen molar-refractivity contribution in [1.29, 1.82) is 0 Å². The number of sulfonamides is 1. The zero-order valence-corrected chi connectivity index (χ0v) is 24.0. The van der Waals surface area contributed by atoms with Gasteiger partial charge in [-0.25, -0.2) is 13.4 Å². The van der Waals surface area contributed by atoms with Gasteiger partial charge in [0, 0.05) is 31.3 Å². The lowest BCUT2D eigenvalue weighted by atomic mass is 9.96. The van der Waals surface area contributed by atoms with Crippen molar-refractivity contribution in [2.75, 3.05) is 30.4 Å². The van der Waals surface area contributed by atoms with Crippen LogP contribution in [0.15, 0.2) is 59.6 Å². The highest BCUT2D eigenvalue weighted by Crippen LogP contribution is 2.25. The lowest BCUT2D eigenvalue weighted by molar-refractivity contribution is -0.130. The molecule has 2 N–H and O–H groups in total. The fraction of sp³-hybridized carbons (Fsp3) is 0.407.